The van der Waals surface area contributed by atoms with E-state index in [1.54, 1.807) is 0 Å². The number of anilines is 1. The highest BCUT2D eigenvalue weighted by Gasteiger charge is 2.27. The summed E-state index contributed by atoms with van der Waals surface area (Å²) in [6.45, 7) is 6.69. The van der Waals surface area contributed by atoms with Crippen molar-refractivity contribution in [1.82, 2.24) is 9.80 Å². The van der Waals surface area contributed by atoms with Gasteiger partial charge in [-0.05, 0) is 24.8 Å². The fourth-order valence-corrected chi connectivity index (χ4v) is 4.92. The van der Waals surface area contributed by atoms with Crippen molar-refractivity contribution in [3.05, 3.63) is 16.0 Å². The number of primary amides is 1. The molecule has 1 aromatic heterocycles. The van der Waals surface area contributed by atoms with E-state index >= 15 is 0 Å². The van der Waals surface area contributed by atoms with Gasteiger partial charge in [-0.25, -0.2) is 0 Å². The molecule has 3 rings (SSSR count). The van der Waals surface area contributed by atoms with E-state index in [4.69, 9.17) is 5.73 Å². The number of thiophene rings is 1. The van der Waals surface area contributed by atoms with Gasteiger partial charge in [-0.15, -0.1) is 11.3 Å². The van der Waals surface area contributed by atoms with Gasteiger partial charge in [-0.3, -0.25) is 19.3 Å². The molecule has 142 valence electrons. The summed E-state index contributed by atoms with van der Waals surface area (Å²) in [6, 6.07) is 0. The van der Waals surface area contributed by atoms with Gasteiger partial charge in [0.15, 0.2) is 0 Å². The van der Waals surface area contributed by atoms with Gasteiger partial charge in [0.05, 0.1) is 12.1 Å². The number of hydrogen-bond donors (Lipinski definition) is 2. The summed E-state index contributed by atoms with van der Waals surface area (Å²) in [7, 11) is 0. The van der Waals surface area contributed by atoms with Crippen molar-refractivity contribution in [2.75, 3.05) is 38.0 Å². The Hall–Kier alpha value is -1.93. The predicted molar refractivity (Wildman–Crippen MR) is 101 cm³/mol. The third-order valence-electron chi connectivity index (χ3n) is 4.97. The number of rotatable bonds is 5. The summed E-state index contributed by atoms with van der Waals surface area (Å²) in [4.78, 5) is 41.3. The quantitative estimate of drug-likeness (QED) is 0.801. The van der Waals surface area contributed by atoms with Crippen LogP contribution < -0.4 is 11.1 Å². The van der Waals surface area contributed by atoms with Crippen molar-refractivity contribution >= 4 is 34.1 Å². The van der Waals surface area contributed by atoms with Crippen LogP contribution in [0.15, 0.2) is 0 Å². The molecule has 1 aromatic rings. The lowest BCUT2D eigenvalue weighted by atomic mass is 10.1. The molecule has 7 nitrogen and oxygen atoms in total. The minimum Gasteiger partial charge on any atom is -0.365 e. The van der Waals surface area contributed by atoms with Gasteiger partial charge < -0.3 is 16.0 Å². The molecule has 0 bridgehead atoms. The first-order valence-electron chi connectivity index (χ1n) is 9.12. The average Bonchev–Trinajstić information content (AvgIpc) is 3.14. The molecule has 2 aliphatic rings. The lowest BCUT2D eigenvalue weighted by Gasteiger charge is -2.35. The molecule has 1 aliphatic heterocycles. The number of amides is 3. The standard InChI is InChI=1S/C18H26N4O3S/c1-11(2)18(25)22-8-6-21(7-9-22)10-14(23)20-17-15(16(19)24)12-4-3-5-13(12)26-17/h11H,3-10H2,1-2H3,(H2,19,24)(H,20,23). The summed E-state index contributed by atoms with van der Waals surface area (Å²) in [6.07, 6.45) is 2.84. The maximum atomic E-state index is 12.4. The Morgan fingerprint density at radius 1 is 1.15 bits per heavy atom. The van der Waals surface area contributed by atoms with Crippen LogP contribution in [-0.4, -0.2) is 60.2 Å². The van der Waals surface area contributed by atoms with Crippen molar-refractivity contribution in [1.29, 1.82) is 0 Å². The molecular weight excluding hydrogens is 352 g/mol. The maximum Gasteiger partial charge on any atom is 0.251 e. The molecule has 0 saturated carbocycles. The summed E-state index contributed by atoms with van der Waals surface area (Å²) >= 11 is 1.47. The minimum atomic E-state index is -0.472. The zero-order valence-corrected chi connectivity index (χ0v) is 16.2. The highest BCUT2D eigenvalue weighted by molar-refractivity contribution is 7.17. The maximum absolute atomic E-state index is 12.4. The van der Waals surface area contributed by atoms with Crippen molar-refractivity contribution in [2.24, 2.45) is 11.7 Å². The van der Waals surface area contributed by atoms with Crippen LogP contribution in [0.3, 0.4) is 0 Å². The van der Waals surface area contributed by atoms with Gasteiger partial charge in [0, 0.05) is 37.0 Å². The van der Waals surface area contributed by atoms with Gasteiger partial charge in [-0.2, -0.15) is 0 Å². The first kappa shape index (κ1) is 18.8. The Kier molecular flexibility index (Phi) is 5.62. The number of aryl methyl sites for hydroxylation is 1. The normalized spacial score (nSPS) is 17.4. The number of carbonyl (C=O) groups excluding carboxylic acids is 3. The number of nitrogens with two attached hydrogens (primary N) is 1. The highest BCUT2D eigenvalue weighted by Crippen LogP contribution is 2.38. The third-order valence-corrected chi connectivity index (χ3v) is 6.17. The van der Waals surface area contributed by atoms with E-state index in [1.165, 1.54) is 11.3 Å². The average molecular weight is 378 g/mol. The van der Waals surface area contributed by atoms with E-state index < -0.39 is 5.91 Å². The zero-order chi connectivity index (χ0) is 18.8. The van der Waals surface area contributed by atoms with E-state index in [-0.39, 0.29) is 24.3 Å². The van der Waals surface area contributed by atoms with Crippen molar-refractivity contribution < 1.29 is 14.4 Å². The monoisotopic (exact) mass is 378 g/mol. The van der Waals surface area contributed by atoms with Crippen LogP contribution in [0, 0.1) is 5.92 Å². The van der Waals surface area contributed by atoms with Crippen LogP contribution in [0.2, 0.25) is 0 Å². The minimum absolute atomic E-state index is 0.00199. The lowest BCUT2D eigenvalue weighted by Crippen LogP contribution is -2.51. The summed E-state index contributed by atoms with van der Waals surface area (Å²) in [5, 5.41) is 3.46. The lowest BCUT2D eigenvalue weighted by molar-refractivity contribution is -0.136. The fraction of sp³-hybridized carbons (Fsp3) is 0.611. The van der Waals surface area contributed by atoms with Gasteiger partial charge in [0.2, 0.25) is 11.8 Å². The Balaban J connectivity index is 1.56. The summed E-state index contributed by atoms with van der Waals surface area (Å²) in [5.41, 5.74) is 7.03. The van der Waals surface area contributed by atoms with E-state index in [0.29, 0.717) is 36.7 Å². The smallest absolute Gasteiger partial charge is 0.251 e. The second-order valence-corrected chi connectivity index (χ2v) is 8.34. The summed E-state index contributed by atoms with van der Waals surface area (Å²) < 4.78 is 0. The van der Waals surface area contributed by atoms with Crippen LogP contribution in [0.4, 0.5) is 5.00 Å². The van der Waals surface area contributed by atoms with E-state index in [0.717, 1.165) is 29.7 Å². The number of hydrogen-bond acceptors (Lipinski definition) is 5. The van der Waals surface area contributed by atoms with Gasteiger partial charge in [0.25, 0.3) is 5.91 Å². The molecule has 3 N–H and O–H groups in total. The van der Waals surface area contributed by atoms with Gasteiger partial charge in [0.1, 0.15) is 5.00 Å². The molecule has 26 heavy (non-hydrogen) atoms. The topological polar surface area (TPSA) is 95.7 Å². The first-order valence-corrected chi connectivity index (χ1v) is 9.93. The van der Waals surface area contributed by atoms with Crippen LogP contribution in [0.1, 0.15) is 41.1 Å². The number of piperazine rings is 1. The fourth-order valence-electron chi connectivity index (χ4n) is 3.61. The van der Waals surface area contributed by atoms with Gasteiger partial charge in [-0.1, -0.05) is 13.8 Å². The Labute approximate surface area is 157 Å². The summed E-state index contributed by atoms with van der Waals surface area (Å²) in [5.74, 6) is -0.456. The van der Waals surface area contributed by atoms with E-state index in [2.05, 4.69) is 5.32 Å². The van der Waals surface area contributed by atoms with Crippen LogP contribution in [0.25, 0.3) is 0 Å². The second-order valence-electron chi connectivity index (χ2n) is 7.23. The Morgan fingerprint density at radius 3 is 2.46 bits per heavy atom. The number of carbonyl (C=O) groups is 3. The number of nitrogens with zero attached hydrogens (tertiary/aromatic N) is 2. The molecule has 2 heterocycles. The molecule has 0 atom stereocenters. The molecule has 0 radical (unpaired) electrons. The van der Waals surface area contributed by atoms with Crippen LogP contribution in [0.5, 0.6) is 0 Å². The first-order chi connectivity index (χ1) is 12.4. The second kappa shape index (κ2) is 7.75. The molecule has 0 aromatic carbocycles. The number of nitrogens with one attached hydrogen (secondary N) is 1. The van der Waals surface area contributed by atoms with Crippen molar-refractivity contribution in [2.45, 2.75) is 33.1 Å². The SMILES string of the molecule is CC(C)C(=O)N1CCN(CC(=O)Nc2sc3c(c2C(N)=O)CCC3)CC1. The third kappa shape index (κ3) is 3.91. The Morgan fingerprint density at radius 2 is 1.85 bits per heavy atom. The molecule has 1 aliphatic carbocycles. The van der Waals surface area contributed by atoms with Crippen molar-refractivity contribution in [3.8, 4) is 0 Å². The van der Waals surface area contributed by atoms with E-state index in [9.17, 15) is 14.4 Å². The predicted octanol–water partition coefficient (Wildman–Crippen LogP) is 1.07. The van der Waals surface area contributed by atoms with Gasteiger partial charge >= 0.3 is 0 Å². The molecule has 3 amide bonds. The largest absolute Gasteiger partial charge is 0.365 e. The zero-order valence-electron chi connectivity index (χ0n) is 15.3. The molecule has 0 unspecified atom stereocenters. The molecule has 8 heteroatoms. The van der Waals surface area contributed by atoms with Crippen LogP contribution in [-0.2, 0) is 22.4 Å². The number of fused-ring (bicyclic) bond motifs is 1. The molecular formula is C18H26N4O3S. The molecule has 1 fully saturated rings. The Bertz CT molecular complexity index is 720. The molecule has 1 saturated heterocycles. The van der Waals surface area contributed by atoms with E-state index in [1.807, 2.05) is 23.6 Å². The van der Waals surface area contributed by atoms with Crippen molar-refractivity contribution in [3.63, 3.8) is 0 Å². The van der Waals surface area contributed by atoms with Crippen LogP contribution >= 0.6 is 11.3 Å². The highest BCUT2D eigenvalue weighted by atomic mass is 32.1. The molecule has 0 spiro atoms.